The predicted molar refractivity (Wildman–Crippen MR) is 97.5 cm³/mol. The summed E-state index contributed by atoms with van der Waals surface area (Å²) in [5.74, 6) is 0.0921. The van der Waals surface area contributed by atoms with Gasteiger partial charge in [-0.2, -0.15) is 0 Å². The number of carbonyl (C=O) groups excluding carboxylic acids is 1. The number of Topliss-reactive ketones (excluding diaryl/α,β-unsaturated/α-hetero) is 1. The molecule has 0 aromatic carbocycles. The molecule has 152 valence electrons. The summed E-state index contributed by atoms with van der Waals surface area (Å²) in [7, 11) is 0. The normalized spacial score (nSPS) is 51.5. The minimum Gasteiger partial charge on any atom is -0.462 e. The van der Waals surface area contributed by atoms with Gasteiger partial charge in [-0.05, 0) is 33.1 Å². The second-order valence-electron chi connectivity index (χ2n) is 10.1. The van der Waals surface area contributed by atoms with Crippen molar-refractivity contribution in [3.05, 3.63) is 11.5 Å². The second kappa shape index (κ2) is 5.49. The van der Waals surface area contributed by atoms with E-state index in [9.17, 15) is 20.1 Å². The van der Waals surface area contributed by atoms with Crippen LogP contribution in [0.15, 0.2) is 11.5 Å². The van der Waals surface area contributed by atoms with Gasteiger partial charge in [0.25, 0.3) is 5.95 Å². The molecule has 0 radical (unpaired) electrons. The van der Waals surface area contributed by atoms with Gasteiger partial charge in [0.2, 0.25) is 0 Å². The van der Waals surface area contributed by atoms with E-state index < -0.39 is 34.2 Å². The van der Waals surface area contributed by atoms with Crippen LogP contribution >= 0.6 is 0 Å². The summed E-state index contributed by atoms with van der Waals surface area (Å²) in [6, 6.07) is 0. The number of aliphatic hydroxyl groups excluding tert-OH is 2. The molecule has 0 saturated heterocycles. The SMILES string of the molecule is C[C@@H]1CC(=O)C2=C(O1)O[C@]1(C)CC[C@]3(O)C(C)(C)[C@H](O)C[C@H](O)[C@@]3(C)[C@H]1C2. The highest BCUT2D eigenvalue weighted by Crippen LogP contribution is 2.67. The van der Waals surface area contributed by atoms with Crippen molar-refractivity contribution in [2.45, 2.75) is 96.2 Å². The second-order valence-corrected chi connectivity index (χ2v) is 10.1. The highest BCUT2D eigenvalue weighted by atomic mass is 16.7. The van der Waals surface area contributed by atoms with E-state index in [1.807, 2.05) is 34.6 Å². The van der Waals surface area contributed by atoms with E-state index in [0.29, 0.717) is 37.2 Å². The molecule has 0 amide bonds. The van der Waals surface area contributed by atoms with E-state index in [4.69, 9.17) is 9.47 Å². The predicted octanol–water partition coefficient (Wildman–Crippen LogP) is 2.05. The first-order valence-electron chi connectivity index (χ1n) is 10.1. The van der Waals surface area contributed by atoms with Gasteiger partial charge in [0.1, 0.15) is 11.7 Å². The molecule has 0 aromatic heterocycles. The Labute approximate surface area is 160 Å². The summed E-state index contributed by atoms with van der Waals surface area (Å²) in [6.45, 7) is 9.49. The maximum Gasteiger partial charge on any atom is 0.286 e. The third-order valence-corrected chi connectivity index (χ3v) is 8.47. The summed E-state index contributed by atoms with van der Waals surface area (Å²) in [6.07, 6.45) is 0.0138. The van der Waals surface area contributed by atoms with E-state index in [0.717, 1.165) is 0 Å². The van der Waals surface area contributed by atoms with Crippen molar-refractivity contribution in [1.82, 2.24) is 0 Å². The van der Waals surface area contributed by atoms with Gasteiger partial charge >= 0.3 is 0 Å². The Bertz CT molecular complexity index is 713. The molecule has 0 spiro atoms. The summed E-state index contributed by atoms with van der Waals surface area (Å²) in [5, 5.41) is 33.6. The van der Waals surface area contributed by atoms with Gasteiger partial charge in [0.15, 0.2) is 5.78 Å². The van der Waals surface area contributed by atoms with Gasteiger partial charge in [-0.3, -0.25) is 4.79 Å². The van der Waals surface area contributed by atoms with Crippen molar-refractivity contribution in [1.29, 1.82) is 0 Å². The lowest BCUT2D eigenvalue weighted by Crippen LogP contribution is -2.76. The molecule has 7 atom stereocenters. The maximum atomic E-state index is 12.6. The Morgan fingerprint density at radius 3 is 2.37 bits per heavy atom. The van der Waals surface area contributed by atoms with Crippen molar-refractivity contribution in [2.24, 2.45) is 16.7 Å². The zero-order valence-electron chi connectivity index (χ0n) is 16.9. The lowest BCUT2D eigenvalue weighted by molar-refractivity contribution is -0.326. The number of fused-ring (bicyclic) bond motifs is 3. The van der Waals surface area contributed by atoms with Crippen LogP contribution in [0.2, 0.25) is 0 Å². The molecule has 2 saturated carbocycles. The number of carbonyl (C=O) groups is 1. The molecule has 6 heteroatoms. The lowest BCUT2D eigenvalue weighted by Gasteiger charge is -2.69. The van der Waals surface area contributed by atoms with Crippen LogP contribution in [0.1, 0.15) is 66.7 Å². The topological polar surface area (TPSA) is 96.2 Å². The first-order valence-corrected chi connectivity index (χ1v) is 10.1. The molecule has 4 aliphatic rings. The van der Waals surface area contributed by atoms with E-state index in [1.165, 1.54) is 0 Å². The molecule has 0 aromatic rings. The van der Waals surface area contributed by atoms with Crippen molar-refractivity contribution >= 4 is 5.78 Å². The molecule has 0 unspecified atom stereocenters. The Morgan fingerprint density at radius 1 is 1.04 bits per heavy atom. The summed E-state index contributed by atoms with van der Waals surface area (Å²) < 4.78 is 12.1. The minimum absolute atomic E-state index is 0.0214. The van der Waals surface area contributed by atoms with Crippen molar-refractivity contribution in [3.63, 3.8) is 0 Å². The minimum atomic E-state index is -1.27. The molecule has 2 fully saturated rings. The molecule has 2 heterocycles. The average molecular weight is 380 g/mol. The van der Waals surface area contributed by atoms with Crippen LogP contribution in [-0.4, -0.2) is 50.6 Å². The fraction of sp³-hybridized carbons (Fsp3) is 0.857. The summed E-state index contributed by atoms with van der Waals surface area (Å²) in [4.78, 5) is 12.6. The Morgan fingerprint density at radius 2 is 1.70 bits per heavy atom. The number of allylic oxidation sites excluding steroid dienone is 1. The summed E-state index contributed by atoms with van der Waals surface area (Å²) in [5.41, 5.74) is -3.06. The average Bonchev–Trinajstić information content (AvgIpc) is 2.56. The largest absolute Gasteiger partial charge is 0.462 e. The van der Waals surface area contributed by atoms with Gasteiger partial charge in [-0.1, -0.05) is 20.8 Å². The van der Waals surface area contributed by atoms with Gasteiger partial charge < -0.3 is 24.8 Å². The monoisotopic (exact) mass is 380 g/mol. The van der Waals surface area contributed by atoms with E-state index in [1.54, 1.807) is 0 Å². The fourth-order valence-electron chi connectivity index (χ4n) is 6.39. The maximum absolute atomic E-state index is 12.6. The number of hydrogen-bond acceptors (Lipinski definition) is 6. The number of aliphatic hydroxyl groups is 3. The Balaban J connectivity index is 1.83. The van der Waals surface area contributed by atoms with Crippen LogP contribution < -0.4 is 0 Å². The molecule has 27 heavy (non-hydrogen) atoms. The van der Waals surface area contributed by atoms with Gasteiger partial charge in [-0.15, -0.1) is 0 Å². The van der Waals surface area contributed by atoms with Crippen molar-refractivity contribution in [2.75, 3.05) is 0 Å². The molecule has 3 N–H and O–H groups in total. The number of rotatable bonds is 0. The van der Waals surface area contributed by atoms with E-state index >= 15 is 0 Å². The molecule has 2 aliphatic carbocycles. The van der Waals surface area contributed by atoms with Crippen LogP contribution in [0, 0.1) is 16.7 Å². The number of ketones is 1. The zero-order chi connectivity index (χ0) is 20.0. The van der Waals surface area contributed by atoms with E-state index in [2.05, 4.69) is 0 Å². The molecular weight excluding hydrogens is 348 g/mol. The Hall–Kier alpha value is -1.11. The van der Waals surface area contributed by atoms with Crippen LogP contribution in [0.5, 0.6) is 0 Å². The van der Waals surface area contributed by atoms with Crippen molar-refractivity contribution < 1.29 is 29.6 Å². The highest BCUT2D eigenvalue weighted by Gasteiger charge is 2.73. The molecule has 0 bridgehead atoms. The van der Waals surface area contributed by atoms with Crippen LogP contribution in [-0.2, 0) is 14.3 Å². The lowest BCUT2D eigenvalue weighted by atomic mass is 9.40. The highest BCUT2D eigenvalue weighted by molar-refractivity contribution is 5.96. The molecule has 6 nitrogen and oxygen atoms in total. The first-order chi connectivity index (χ1) is 12.4. The van der Waals surface area contributed by atoms with Crippen LogP contribution in [0.4, 0.5) is 0 Å². The smallest absolute Gasteiger partial charge is 0.286 e. The van der Waals surface area contributed by atoms with Gasteiger partial charge in [0, 0.05) is 29.6 Å². The molecular formula is C21H32O6. The first kappa shape index (κ1) is 19.2. The summed E-state index contributed by atoms with van der Waals surface area (Å²) >= 11 is 0. The van der Waals surface area contributed by atoms with Crippen LogP contribution in [0.3, 0.4) is 0 Å². The third-order valence-electron chi connectivity index (χ3n) is 8.47. The quantitative estimate of drug-likeness (QED) is 0.595. The van der Waals surface area contributed by atoms with Crippen LogP contribution in [0.25, 0.3) is 0 Å². The molecule has 2 aliphatic heterocycles. The number of ether oxygens (including phenoxy) is 2. The van der Waals surface area contributed by atoms with Crippen molar-refractivity contribution in [3.8, 4) is 0 Å². The fourth-order valence-corrected chi connectivity index (χ4v) is 6.39. The standard InChI is InChI=1S/C21H32O6/c1-11-8-13(22)12-9-14-19(4,27-17(12)26-11)6-7-21(25)18(2,3)15(23)10-16(24)20(14,21)5/h11,14-16,23-25H,6-10H2,1-5H3/t11-,14+,15-,16+,19-,20-,21+/m1/s1. The van der Waals surface area contributed by atoms with Gasteiger partial charge in [0.05, 0.1) is 23.4 Å². The number of hydrogen-bond donors (Lipinski definition) is 3. The third kappa shape index (κ3) is 2.21. The van der Waals surface area contributed by atoms with E-state index in [-0.39, 0.29) is 24.2 Å². The zero-order valence-corrected chi connectivity index (χ0v) is 16.9. The Kier molecular flexibility index (Phi) is 3.90. The van der Waals surface area contributed by atoms with Gasteiger partial charge in [-0.25, -0.2) is 0 Å². The molecule has 4 rings (SSSR count).